The smallest absolute Gasteiger partial charge is 0.0323 e. The Bertz CT molecular complexity index is 309. The van der Waals surface area contributed by atoms with Gasteiger partial charge in [0.1, 0.15) is 0 Å². The van der Waals surface area contributed by atoms with E-state index in [2.05, 4.69) is 66.3 Å². The second-order valence-corrected chi connectivity index (χ2v) is 5.61. The van der Waals surface area contributed by atoms with Crippen molar-refractivity contribution in [2.45, 2.75) is 39.7 Å². The molecule has 1 aromatic rings. The Labute approximate surface area is 108 Å². The van der Waals surface area contributed by atoms with Crippen molar-refractivity contribution in [1.29, 1.82) is 0 Å². The van der Waals surface area contributed by atoms with E-state index in [9.17, 15) is 0 Å². The number of halogens is 1. The van der Waals surface area contributed by atoms with Crippen LogP contribution in [0.1, 0.15) is 45.2 Å². The molecule has 0 heterocycles. The first-order valence-electron chi connectivity index (χ1n) is 6.12. The summed E-state index contributed by atoms with van der Waals surface area (Å²) in [5.41, 5.74) is 1.39. The van der Waals surface area contributed by atoms with Crippen LogP contribution in [0.25, 0.3) is 0 Å². The zero-order chi connectivity index (χ0) is 12.0. The Kier molecular flexibility index (Phi) is 6.07. The minimum Gasteiger partial charge on any atom is -0.310 e. The molecular formula is C14H22BrN. The van der Waals surface area contributed by atoms with Crippen molar-refractivity contribution >= 4 is 15.9 Å². The standard InChI is InChI=1S/C14H22BrN/c1-4-8-16-14(9-11(2)3)12-6-5-7-13(15)10-12/h5-7,10-11,14,16H,4,8-9H2,1-3H3. The van der Waals surface area contributed by atoms with E-state index in [0.717, 1.165) is 11.0 Å². The lowest BCUT2D eigenvalue weighted by Gasteiger charge is -2.21. The molecule has 1 rings (SSSR count). The van der Waals surface area contributed by atoms with Gasteiger partial charge in [-0.2, -0.15) is 0 Å². The van der Waals surface area contributed by atoms with Gasteiger partial charge in [-0.05, 0) is 43.0 Å². The second kappa shape index (κ2) is 7.08. The first-order chi connectivity index (χ1) is 7.63. The van der Waals surface area contributed by atoms with Gasteiger partial charge >= 0.3 is 0 Å². The summed E-state index contributed by atoms with van der Waals surface area (Å²) in [5, 5.41) is 3.62. The predicted octanol–water partition coefficient (Wildman–Crippen LogP) is 4.54. The maximum Gasteiger partial charge on any atom is 0.0323 e. The van der Waals surface area contributed by atoms with Gasteiger partial charge in [-0.15, -0.1) is 0 Å². The van der Waals surface area contributed by atoms with Crippen molar-refractivity contribution < 1.29 is 0 Å². The van der Waals surface area contributed by atoms with Crippen molar-refractivity contribution in [3.05, 3.63) is 34.3 Å². The molecule has 0 spiro atoms. The Morgan fingerprint density at radius 3 is 2.62 bits per heavy atom. The topological polar surface area (TPSA) is 12.0 Å². The summed E-state index contributed by atoms with van der Waals surface area (Å²) >= 11 is 3.54. The molecule has 0 aliphatic carbocycles. The van der Waals surface area contributed by atoms with E-state index in [-0.39, 0.29) is 0 Å². The second-order valence-electron chi connectivity index (χ2n) is 4.69. The van der Waals surface area contributed by atoms with Crippen LogP contribution >= 0.6 is 15.9 Å². The first-order valence-corrected chi connectivity index (χ1v) is 6.91. The third kappa shape index (κ3) is 4.67. The van der Waals surface area contributed by atoms with Crippen molar-refractivity contribution in [2.75, 3.05) is 6.54 Å². The molecule has 0 fully saturated rings. The van der Waals surface area contributed by atoms with E-state index >= 15 is 0 Å². The van der Waals surface area contributed by atoms with Crippen LogP contribution in [-0.2, 0) is 0 Å². The van der Waals surface area contributed by atoms with Crippen LogP contribution in [0.15, 0.2) is 28.7 Å². The highest BCUT2D eigenvalue weighted by molar-refractivity contribution is 9.10. The molecule has 16 heavy (non-hydrogen) atoms. The van der Waals surface area contributed by atoms with Gasteiger partial charge in [0.25, 0.3) is 0 Å². The van der Waals surface area contributed by atoms with Gasteiger partial charge in [-0.3, -0.25) is 0 Å². The lowest BCUT2D eigenvalue weighted by molar-refractivity contribution is 0.430. The van der Waals surface area contributed by atoms with Crippen LogP contribution in [0.4, 0.5) is 0 Å². The Morgan fingerprint density at radius 1 is 1.31 bits per heavy atom. The summed E-state index contributed by atoms with van der Waals surface area (Å²) in [4.78, 5) is 0. The molecule has 0 saturated heterocycles. The number of nitrogens with one attached hydrogen (secondary N) is 1. The van der Waals surface area contributed by atoms with Crippen LogP contribution < -0.4 is 5.32 Å². The number of rotatable bonds is 6. The van der Waals surface area contributed by atoms with Crippen LogP contribution in [-0.4, -0.2) is 6.54 Å². The predicted molar refractivity (Wildman–Crippen MR) is 74.6 cm³/mol. The van der Waals surface area contributed by atoms with Crippen molar-refractivity contribution in [2.24, 2.45) is 5.92 Å². The maximum absolute atomic E-state index is 3.62. The van der Waals surface area contributed by atoms with Crippen molar-refractivity contribution in [3.8, 4) is 0 Å². The maximum atomic E-state index is 3.62. The fourth-order valence-electron chi connectivity index (χ4n) is 1.85. The zero-order valence-corrected chi connectivity index (χ0v) is 12.0. The number of hydrogen-bond donors (Lipinski definition) is 1. The van der Waals surface area contributed by atoms with E-state index < -0.39 is 0 Å². The molecule has 1 N–H and O–H groups in total. The molecule has 90 valence electrons. The van der Waals surface area contributed by atoms with E-state index in [1.54, 1.807) is 0 Å². The fourth-order valence-corrected chi connectivity index (χ4v) is 2.27. The number of benzene rings is 1. The third-order valence-corrected chi connectivity index (χ3v) is 3.09. The Balaban J connectivity index is 2.74. The van der Waals surface area contributed by atoms with Crippen LogP contribution in [0.5, 0.6) is 0 Å². The van der Waals surface area contributed by atoms with Gasteiger partial charge in [0, 0.05) is 10.5 Å². The summed E-state index contributed by atoms with van der Waals surface area (Å²) in [6.07, 6.45) is 2.37. The van der Waals surface area contributed by atoms with Crippen LogP contribution in [0, 0.1) is 5.92 Å². The molecule has 0 aliphatic heterocycles. The van der Waals surface area contributed by atoms with Gasteiger partial charge in [0.15, 0.2) is 0 Å². The Hall–Kier alpha value is -0.340. The summed E-state index contributed by atoms with van der Waals surface area (Å²) in [5.74, 6) is 0.716. The highest BCUT2D eigenvalue weighted by Gasteiger charge is 2.12. The molecule has 0 amide bonds. The van der Waals surface area contributed by atoms with E-state index in [4.69, 9.17) is 0 Å². The van der Waals surface area contributed by atoms with Gasteiger partial charge in [0.05, 0.1) is 0 Å². The van der Waals surface area contributed by atoms with E-state index in [1.807, 2.05) is 0 Å². The highest BCUT2D eigenvalue weighted by atomic mass is 79.9. The molecule has 1 aromatic carbocycles. The summed E-state index contributed by atoms with van der Waals surface area (Å²) < 4.78 is 1.16. The average Bonchev–Trinajstić information content (AvgIpc) is 2.23. The fraction of sp³-hybridized carbons (Fsp3) is 0.571. The largest absolute Gasteiger partial charge is 0.310 e. The highest BCUT2D eigenvalue weighted by Crippen LogP contribution is 2.23. The number of hydrogen-bond acceptors (Lipinski definition) is 1. The average molecular weight is 284 g/mol. The lowest BCUT2D eigenvalue weighted by Crippen LogP contribution is -2.23. The molecule has 0 aromatic heterocycles. The molecule has 2 heteroatoms. The van der Waals surface area contributed by atoms with Crippen LogP contribution in [0.2, 0.25) is 0 Å². The van der Waals surface area contributed by atoms with Gasteiger partial charge in [0.2, 0.25) is 0 Å². The van der Waals surface area contributed by atoms with Gasteiger partial charge in [-0.1, -0.05) is 48.8 Å². The monoisotopic (exact) mass is 283 g/mol. The van der Waals surface area contributed by atoms with E-state index in [0.29, 0.717) is 12.0 Å². The third-order valence-electron chi connectivity index (χ3n) is 2.60. The minimum absolute atomic E-state index is 0.484. The normalized spacial score (nSPS) is 13.1. The molecule has 0 aliphatic rings. The van der Waals surface area contributed by atoms with Crippen molar-refractivity contribution in [1.82, 2.24) is 5.32 Å². The zero-order valence-electron chi connectivity index (χ0n) is 10.5. The summed E-state index contributed by atoms with van der Waals surface area (Å²) in [6.45, 7) is 7.85. The molecule has 1 nitrogen and oxygen atoms in total. The van der Waals surface area contributed by atoms with Crippen LogP contribution in [0.3, 0.4) is 0 Å². The van der Waals surface area contributed by atoms with Gasteiger partial charge in [-0.25, -0.2) is 0 Å². The summed E-state index contributed by atoms with van der Waals surface area (Å²) in [7, 11) is 0. The molecule has 0 bridgehead atoms. The molecule has 1 unspecified atom stereocenters. The summed E-state index contributed by atoms with van der Waals surface area (Å²) in [6, 6.07) is 9.10. The molecule has 0 saturated carbocycles. The minimum atomic E-state index is 0.484. The van der Waals surface area contributed by atoms with E-state index in [1.165, 1.54) is 18.4 Å². The lowest BCUT2D eigenvalue weighted by atomic mass is 9.97. The molecule has 1 atom stereocenters. The first kappa shape index (κ1) is 13.7. The SMILES string of the molecule is CCCNC(CC(C)C)c1cccc(Br)c1. The Morgan fingerprint density at radius 2 is 2.06 bits per heavy atom. The van der Waals surface area contributed by atoms with Crippen molar-refractivity contribution in [3.63, 3.8) is 0 Å². The quantitative estimate of drug-likeness (QED) is 0.809. The molecular weight excluding hydrogens is 262 g/mol. The van der Waals surface area contributed by atoms with Gasteiger partial charge < -0.3 is 5.32 Å². The molecule has 0 radical (unpaired) electrons.